The highest BCUT2D eigenvalue weighted by molar-refractivity contribution is 5.81. The molecule has 4 N–H and O–H groups in total. The largest absolute Gasteiger partial charge is 0.396 e. The van der Waals surface area contributed by atoms with Crippen molar-refractivity contribution < 1.29 is 9.90 Å². The van der Waals surface area contributed by atoms with Gasteiger partial charge in [0.05, 0.1) is 6.04 Å². The van der Waals surface area contributed by atoms with Crippen LogP contribution in [-0.2, 0) is 4.79 Å². The van der Waals surface area contributed by atoms with Crippen LogP contribution in [0.5, 0.6) is 0 Å². The number of hydrogen-bond donors (Lipinski definition) is 3. The van der Waals surface area contributed by atoms with Crippen molar-refractivity contribution in [3.63, 3.8) is 0 Å². The van der Waals surface area contributed by atoms with Crippen LogP contribution in [0.4, 0.5) is 0 Å². The van der Waals surface area contributed by atoms with Gasteiger partial charge in [-0.1, -0.05) is 20.3 Å². The van der Waals surface area contributed by atoms with E-state index in [4.69, 9.17) is 10.9 Å². The number of carbonyl (C=O) groups excluding carboxylic acids is 1. The van der Waals surface area contributed by atoms with Crippen LogP contribution in [0.1, 0.15) is 39.5 Å². The van der Waals surface area contributed by atoms with Crippen LogP contribution < -0.4 is 11.3 Å². The summed E-state index contributed by atoms with van der Waals surface area (Å²) in [6.07, 6.45) is 4.09. The second-order valence-corrected chi connectivity index (χ2v) is 5.10. The Kier molecular flexibility index (Phi) is 5.88. The first-order valence-corrected chi connectivity index (χ1v) is 6.48. The maximum atomic E-state index is 11.9. The number of nitrogens with two attached hydrogens (primary N) is 1. The van der Waals surface area contributed by atoms with E-state index >= 15 is 0 Å². The van der Waals surface area contributed by atoms with Crippen LogP contribution >= 0.6 is 0 Å². The number of nitrogens with zero attached hydrogens (tertiary/aromatic N) is 1. The number of aliphatic hydroxyl groups excluding tert-OH is 1. The molecule has 0 radical (unpaired) electrons. The third-order valence-corrected chi connectivity index (χ3v) is 3.53. The number of nitrogens with one attached hydrogen (secondary N) is 1. The second kappa shape index (κ2) is 6.93. The molecule has 0 spiro atoms. The molecule has 0 saturated carbocycles. The number of rotatable bonds is 5. The van der Waals surface area contributed by atoms with Crippen molar-refractivity contribution >= 4 is 5.91 Å². The molecule has 100 valence electrons. The summed E-state index contributed by atoms with van der Waals surface area (Å²) >= 11 is 0. The maximum Gasteiger partial charge on any atom is 0.251 e. The van der Waals surface area contributed by atoms with Gasteiger partial charge in [0.15, 0.2) is 0 Å². The van der Waals surface area contributed by atoms with E-state index in [9.17, 15) is 4.79 Å². The normalized spacial score (nSPS) is 23.7. The number of piperidine rings is 1. The van der Waals surface area contributed by atoms with Gasteiger partial charge in [0.25, 0.3) is 5.91 Å². The molecule has 2 unspecified atom stereocenters. The minimum Gasteiger partial charge on any atom is -0.396 e. The van der Waals surface area contributed by atoms with Gasteiger partial charge in [-0.15, -0.1) is 0 Å². The Morgan fingerprint density at radius 3 is 2.76 bits per heavy atom. The van der Waals surface area contributed by atoms with Gasteiger partial charge in [-0.05, 0) is 31.7 Å². The summed E-state index contributed by atoms with van der Waals surface area (Å²) in [6, 6.07) is 0.121. The predicted octanol–water partition coefficient (Wildman–Crippen LogP) is 0.238. The van der Waals surface area contributed by atoms with Gasteiger partial charge < -0.3 is 5.11 Å². The van der Waals surface area contributed by atoms with E-state index in [2.05, 4.69) is 10.3 Å². The molecule has 1 aliphatic heterocycles. The van der Waals surface area contributed by atoms with E-state index in [0.29, 0.717) is 6.04 Å². The predicted molar refractivity (Wildman–Crippen MR) is 67.0 cm³/mol. The lowest BCUT2D eigenvalue weighted by Gasteiger charge is -2.41. The first kappa shape index (κ1) is 14.4. The summed E-state index contributed by atoms with van der Waals surface area (Å²) in [5.41, 5.74) is 2.26. The fourth-order valence-corrected chi connectivity index (χ4v) is 2.77. The van der Waals surface area contributed by atoms with Crippen LogP contribution in [0.15, 0.2) is 0 Å². The molecule has 1 saturated heterocycles. The zero-order valence-corrected chi connectivity index (χ0v) is 10.9. The van der Waals surface area contributed by atoms with Crippen molar-refractivity contribution in [2.24, 2.45) is 11.8 Å². The third kappa shape index (κ3) is 3.66. The highest BCUT2D eigenvalue weighted by atomic mass is 16.3. The Labute approximate surface area is 103 Å². The monoisotopic (exact) mass is 243 g/mol. The fourth-order valence-electron chi connectivity index (χ4n) is 2.77. The van der Waals surface area contributed by atoms with Crippen molar-refractivity contribution in [2.45, 2.75) is 51.6 Å². The average molecular weight is 243 g/mol. The average Bonchev–Trinajstić information content (AvgIpc) is 2.31. The highest BCUT2D eigenvalue weighted by Crippen LogP contribution is 2.25. The first-order valence-electron chi connectivity index (χ1n) is 6.48. The zero-order chi connectivity index (χ0) is 12.8. The van der Waals surface area contributed by atoms with Crippen LogP contribution in [0.3, 0.4) is 0 Å². The van der Waals surface area contributed by atoms with Gasteiger partial charge in [-0.2, -0.15) is 0 Å². The van der Waals surface area contributed by atoms with Crippen molar-refractivity contribution in [3.05, 3.63) is 0 Å². The molecule has 1 amide bonds. The Balaban J connectivity index is 2.78. The molecular formula is C12H25N3O2. The van der Waals surface area contributed by atoms with E-state index in [0.717, 1.165) is 25.8 Å². The van der Waals surface area contributed by atoms with Gasteiger partial charge in [0.2, 0.25) is 0 Å². The molecule has 5 nitrogen and oxygen atoms in total. The van der Waals surface area contributed by atoms with E-state index in [1.165, 1.54) is 6.42 Å². The summed E-state index contributed by atoms with van der Waals surface area (Å²) in [5.74, 6) is 5.36. The van der Waals surface area contributed by atoms with Gasteiger partial charge in [-0.3, -0.25) is 15.1 Å². The highest BCUT2D eigenvalue weighted by Gasteiger charge is 2.34. The smallest absolute Gasteiger partial charge is 0.251 e. The van der Waals surface area contributed by atoms with Gasteiger partial charge in [0, 0.05) is 12.6 Å². The van der Waals surface area contributed by atoms with E-state index in [1.54, 1.807) is 0 Å². The second-order valence-electron chi connectivity index (χ2n) is 5.10. The topological polar surface area (TPSA) is 78.6 Å². The SMILES string of the molecule is CC(C)C(C(=O)NN)N1CCCCC1CCO. The summed E-state index contributed by atoms with van der Waals surface area (Å²) in [7, 11) is 0. The molecule has 17 heavy (non-hydrogen) atoms. The molecule has 0 aromatic carbocycles. The molecule has 0 aliphatic carbocycles. The van der Waals surface area contributed by atoms with Crippen molar-refractivity contribution in [2.75, 3.05) is 13.2 Å². The van der Waals surface area contributed by atoms with Crippen molar-refractivity contribution in [3.8, 4) is 0 Å². The molecule has 0 aromatic heterocycles. The lowest BCUT2D eigenvalue weighted by molar-refractivity contribution is -0.130. The molecule has 2 atom stereocenters. The molecule has 1 heterocycles. The minimum atomic E-state index is -0.183. The molecule has 1 fully saturated rings. The fraction of sp³-hybridized carbons (Fsp3) is 0.917. The van der Waals surface area contributed by atoms with Crippen LogP contribution in [0, 0.1) is 5.92 Å². The number of aliphatic hydroxyl groups is 1. The minimum absolute atomic E-state index is 0.121. The van der Waals surface area contributed by atoms with Gasteiger partial charge >= 0.3 is 0 Å². The van der Waals surface area contributed by atoms with Crippen LogP contribution in [0.25, 0.3) is 0 Å². The van der Waals surface area contributed by atoms with Gasteiger partial charge in [-0.25, -0.2) is 5.84 Å². The zero-order valence-electron chi connectivity index (χ0n) is 10.9. The summed E-state index contributed by atoms with van der Waals surface area (Å²) < 4.78 is 0. The van der Waals surface area contributed by atoms with Crippen LogP contribution in [0.2, 0.25) is 0 Å². The Hall–Kier alpha value is -0.650. The van der Waals surface area contributed by atoms with Crippen molar-refractivity contribution in [1.29, 1.82) is 0 Å². The molecule has 1 rings (SSSR count). The van der Waals surface area contributed by atoms with Gasteiger partial charge in [0.1, 0.15) is 0 Å². The lowest BCUT2D eigenvalue weighted by atomic mass is 9.93. The number of hydrogen-bond acceptors (Lipinski definition) is 4. The third-order valence-electron chi connectivity index (χ3n) is 3.53. The standard InChI is InChI=1S/C12H25N3O2/c1-9(2)11(12(17)14-13)15-7-4-3-5-10(15)6-8-16/h9-11,16H,3-8,13H2,1-2H3,(H,14,17). The number of carbonyl (C=O) groups is 1. The molecular weight excluding hydrogens is 218 g/mol. The van der Waals surface area contributed by atoms with E-state index < -0.39 is 0 Å². The lowest BCUT2D eigenvalue weighted by Crippen LogP contribution is -2.56. The Bertz CT molecular complexity index is 244. The number of hydrazine groups is 1. The Morgan fingerprint density at radius 1 is 1.53 bits per heavy atom. The number of likely N-dealkylation sites (tertiary alicyclic amines) is 1. The number of amides is 1. The molecule has 0 bridgehead atoms. The van der Waals surface area contributed by atoms with Crippen LogP contribution in [-0.4, -0.2) is 41.1 Å². The molecule has 5 heteroatoms. The Morgan fingerprint density at radius 2 is 2.24 bits per heavy atom. The first-order chi connectivity index (χ1) is 8.11. The summed E-state index contributed by atoms with van der Waals surface area (Å²) in [4.78, 5) is 14.1. The summed E-state index contributed by atoms with van der Waals surface area (Å²) in [6.45, 7) is 5.16. The van der Waals surface area contributed by atoms with E-state index in [1.807, 2.05) is 13.8 Å². The van der Waals surface area contributed by atoms with Crippen molar-refractivity contribution in [1.82, 2.24) is 10.3 Å². The van der Waals surface area contributed by atoms with E-state index in [-0.39, 0.29) is 24.5 Å². The molecule has 0 aromatic rings. The quantitative estimate of drug-likeness (QED) is 0.367. The molecule has 1 aliphatic rings. The summed E-state index contributed by atoms with van der Waals surface area (Å²) in [5, 5.41) is 9.10. The maximum absolute atomic E-state index is 11.9.